The predicted octanol–water partition coefficient (Wildman–Crippen LogP) is 4.52. The molecule has 0 radical (unpaired) electrons. The van der Waals surface area contributed by atoms with Gasteiger partial charge in [-0.05, 0) is 56.7 Å². The van der Waals surface area contributed by atoms with Crippen molar-refractivity contribution >= 4 is 28.9 Å². The standard InChI is InChI=1S/C21H23N5O/c1-4-22-19-13-20(24-15(3)23-19)25-16-9-11-17(12-10-16)26-21(27)18-8-6-5-7-14(18)2/h5-13H,4H2,1-3H3,(H,26,27)(H2,22,23,24,25). The maximum Gasteiger partial charge on any atom is 0.255 e. The average molecular weight is 361 g/mol. The van der Waals surface area contributed by atoms with Gasteiger partial charge in [0.25, 0.3) is 5.91 Å². The van der Waals surface area contributed by atoms with Crippen LogP contribution in [0.1, 0.15) is 28.7 Å². The molecule has 0 saturated carbocycles. The van der Waals surface area contributed by atoms with Gasteiger partial charge in [0.15, 0.2) is 0 Å². The van der Waals surface area contributed by atoms with Crippen LogP contribution >= 0.6 is 0 Å². The molecule has 0 spiro atoms. The van der Waals surface area contributed by atoms with Gasteiger partial charge in [-0.15, -0.1) is 0 Å². The average Bonchev–Trinajstić information content (AvgIpc) is 2.63. The van der Waals surface area contributed by atoms with E-state index < -0.39 is 0 Å². The number of rotatable bonds is 6. The molecule has 0 aliphatic carbocycles. The number of benzene rings is 2. The van der Waals surface area contributed by atoms with Crippen molar-refractivity contribution < 1.29 is 4.79 Å². The number of nitrogens with zero attached hydrogens (tertiary/aromatic N) is 2. The molecule has 3 aromatic rings. The summed E-state index contributed by atoms with van der Waals surface area (Å²) < 4.78 is 0. The van der Waals surface area contributed by atoms with Crippen molar-refractivity contribution in [3.05, 3.63) is 71.5 Å². The molecule has 0 aliphatic heterocycles. The third kappa shape index (κ3) is 4.82. The minimum absolute atomic E-state index is 0.115. The summed E-state index contributed by atoms with van der Waals surface area (Å²) in [7, 11) is 0. The topological polar surface area (TPSA) is 78.9 Å². The molecule has 0 unspecified atom stereocenters. The summed E-state index contributed by atoms with van der Waals surface area (Å²) >= 11 is 0. The van der Waals surface area contributed by atoms with Crippen LogP contribution in [0, 0.1) is 13.8 Å². The van der Waals surface area contributed by atoms with Crippen LogP contribution in [0.5, 0.6) is 0 Å². The Balaban J connectivity index is 1.69. The van der Waals surface area contributed by atoms with Crippen molar-refractivity contribution in [3.63, 3.8) is 0 Å². The van der Waals surface area contributed by atoms with E-state index in [1.807, 2.05) is 75.4 Å². The Hall–Kier alpha value is -3.41. The van der Waals surface area contributed by atoms with Crippen molar-refractivity contribution in [2.24, 2.45) is 0 Å². The number of hydrogen-bond acceptors (Lipinski definition) is 5. The highest BCUT2D eigenvalue weighted by Gasteiger charge is 2.08. The Morgan fingerprint density at radius 3 is 2.30 bits per heavy atom. The fourth-order valence-corrected chi connectivity index (χ4v) is 2.71. The van der Waals surface area contributed by atoms with E-state index >= 15 is 0 Å². The molecule has 138 valence electrons. The highest BCUT2D eigenvalue weighted by atomic mass is 16.1. The second kappa shape index (κ2) is 8.31. The lowest BCUT2D eigenvalue weighted by Gasteiger charge is -2.11. The van der Waals surface area contributed by atoms with Gasteiger partial charge in [0, 0.05) is 29.5 Å². The van der Waals surface area contributed by atoms with Gasteiger partial charge in [-0.25, -0.2) is 9.97 Å². The number of aromatic nitrogens is 2. The van der Waals surface area contributed by atoms with E-state index in [1.165, 1.54) is 0 Å². The van der Waals surface area contributed by atoms with Gasteiger partial charge in [0.2, 0.25) is 0 Å². The molecule has 2 aromatic carbocycles. The van der Waals surface area contributed by atoms with Crippen molar-refractivity contribution in [2.75, 3.05) is 22.5 Å². The van der Waals surface area contributed by atoms with E-state index in [1.54, 1.807) is 0 Å². The summed E-state index contributed by atoms with van der Waals surface area (Å²) in [4.78, 5) is 21.1. The summed E-state index contributed by atoms with van der Waals surface area (Å²) in [5.41, 5.74) is 3.24. The van der Waals surface area contributed by atoms with Gasteiger partial charge >= 0.3 is 0 Å². The summed E-state index contributed by atoms with van der Waals surface area (Å²) in [6.07, 6.45) is 0. The summed E-state index contributed by atoms with van der Waals surface area (Å²) in [5.74, 6) is 2.08. The zero-order chi connectivity index (χ0) is 19.2. The zero-order valence-electron chi connectivity index (χ0n) is 15.7. The molecule has 3 rings (SSSR count). The van der Waals surface area contributed by atoms with E-state index in [2.05, 4.69) is 25.9 Å². The second-order valence-corrected chi connectivity index (χ2v) is 6.19. The highest BCUT2D eigenvalue weighted by Crippen LogP contribution is 2.20. The molecular formula is C21H23N5O. The van der Waals surface area contributed by atoms with E-state index in [-0.39, 0.29) is 5.91 Å². The lowest BCUT2D eigenvalue weighted by atomic mass is 10.1. The predicted molar refractivity (Wildman–Crippen MR) is 110 cm³/mol. The maximum atomic E-state index is 12.4. The number of amides is 1. The lowest BCUT2D eigenvalue weighted by Crippen LogP contribution is -2.13. The van der Waals surface area contributed by atoms with Gasteiger partial charge in [0.1, 0.15) is 17.5 Å². The summed E-state index contributed by atoms with van der Waals surface area (Å²) in [6, 6.07) is 16.9. The molecule has 1 amide bonds. The minimum atomic E-state index is -0.115. The van der Waals surface area contributed by atoms with Crippen molar-refractivity contribution in [1.82, 2.24) is 9.97 Å². The quantitative estimate of drug-likeness (QED) is 0.601. The molecule has 27 heavy (non-hydrogen) atoms. The number of aryl methyl sites for hydroxylation is 2. The second-order valence-electron chi connectivity index (χ2n) is 6.19. The van der Waals surface area contributed by atoms with E-state index in [0.29, 0.717) is 11.4 Å². The minimum Gasteiger partial charge on any atom is -0.370 e. The van der Waals surface area contributed by atoms with Gasteiger partial charge < -0.3 is 16.0 Å². The molecule has 3 N–H and O–H groups in total. The molecule has 0 aliphatic rings. The van der Waals surface area contributed by atoms with Crippen LogP contribution in [0.2, 0.25) is 0 Å². The molecule has 0 fully saturated rings. The first kappa shape index (κ1) is 18.4. The van der Waals surface area contributed by atoms with Gasteiger partial charge in [-0.2, -0.15) is 0 Å². The normalized spacial score (nSPS) is 10.3. The summed E-state index contributed by atoms with van der Waals surface area (Å²) in [5, 5.41) is 9.37. The first-order chi connectivity index (χ1) is 13.0. The maximum absolute atomic E-state index is 12.4. The van der Waals surface area contributed by atoms with Crippen LogP contribution in [0.4, 0.5) is 23.0 Å². The van der Waals surface area contributed by atoms with Crippen LogP contribution in [-0.2, 0) is 0 Å². The van der Waals surface area contributed by atoms with Crippen LogP contribution in [0.15, 0.2) is 54.6 Å². The first-order valence-corrected chi connectivity index (χ1v) is 8.89. The Morgan fingerprint density at radius 1 is 0.926 bits per heavy atom. The fraction of sp³-hybridized carbons (Fsp3) is 0.190. The first-order valence-electron chi connectivity index (χ1n) is 8.89. The van der Waals surface area contributed by atoms with Gasteiger partial charge in [-0.3, -0.25) is 4.79 Å². The fourth-order valence-electron chi connectivity index (χ4n) is 2.71. The number of hydrogen-bond donors (Lipinski definition) is 3. The van der Waals surface area contributed by atoms with E-state index in [0.717, 1.165) is 35.1 Å². The van der Waals surface area contributed by atoms with Crippen LogP contribution < -0.4 is 16.0 Å². The number of carbonyl (C=O) groups is 1. The third-order valence-electron chi connectivity index (χ3n) is 4.00. The Bertz CT molecular complexity index is 938. The number of nitrogens with one attached hydrogen (secondary N) is 3. The van der Waals surface area contributed by atoms with E-state index in [4.69, 9.17) is 0 Å². The van der Waals surface area contributed by atoms with Crippen LogP contribution in [-0.4, -0.2) is 22.4 Å². The number of carbonyl (C=O) groups excluding carboxylic acids is 1. The van der Waals surface area contributed by atoms with Gasteiger partial charge in [0.05, 0.1) is 0 Å². The molecule has 6 nitrogen and oxygen atoms in total. The lowest BCUT2D eigenvalue weighted by molar-refractivity contribution is 0.102. The molecular weight excluding hydrogens is 338 g/mol. The molecule has 1 heterocycles. The smallest absolute Gasteiger partial charge is 0.255 e. The molecule has 1 aromatic heterocycles. The van der Waals surface area contributed by atoms with Crippen molar-refractivity contribution in [3.8, 4) is 0 Å². The molecule has 0 atom stereocenters. The zero-order valence-corrected chi connectivity index (χ0v) is 15.7. The van der Waals surface area contributed by atoms with Crippen LogP contribution in [0.25, 0.3) is 0 Å². The monoisotopic (exact) mass is 361 g/mol. The Kier molecular flexibility index (Phi) is 5.66. The van der Waals surface area contributed by atoms with E-state index in [9.17, 15) is 4.79 Å². The Labute approximate surface area is 159 Å². The third-order valence-corrected chi connectivity index (χ3v) is 4.00. The van der Waals surface area contributed by atoms with Crippen molar-refractivity contribution in [2.45, 2.75) is 20.8 Å². The number of anilines is 4. The largest absolute Gasteiger partial charge is 0.370 e. The molecule has 0 bridgehead atoms. The van der Waals surface area contributed by atoms with Crippen molar-refractivity contribution in [1.29, 1.82) is 0 Å². The highest BCUT2D eigenvalue weighted by molar-refractivity contribution is 6.05. The summed E-state index contributed by atoms with van der Waals surface area (Å²) in [6.45, 7) is 6.60. The Morgan fingerprint density at radius 2 is 1.59 bits per heavy atom. The molecule has 0 saturated heterocycles. The SMILES string of the molecule is CCNc1cc(Nc2ccc(NC(=O)c3ccccc3C)cc2)nc(C)n1. The molecule has 6 heteroatoms. The van der Waals surface area contributed by atoms with Crippen LogP contribution in [0.3, 0.4) is 0 Å². The van der Waals surface area contributed by atoms with Gasteiger partial charge in [-0.1, -0.05) is 18.2 Å².